The van der Waals surface area contributed by atoms with Crippen LogP contribution in [0.2, 0.25) is 0 Å². The fraction of sp³-hybridized carbons (Fsp3) is 0.600. The summed E-state index contributed by atoms with van der Waals surface area (Å²) in [7, 11) is 0. The summed E-state index contributed by atoms with van der Waals surface area (Å²) in [5.41, 5.74) is 8.96. The predicted molar refractivity (Wildman–Crippen MR) is 81.0 cm³/mol. The lowest BCUT2D eigenvalue weighted by molar-refractivity contribution is 0.0340. The van der Waals surface area contributed by atoms with E-state index in [9.17, 15) is 0 Å². The van der Waals surface area contributed by atoms with E-state index in [1.807, 2.05) is 6.07 Å². The topological polar surface area (TPSA) is 84.0 Å². The van der Waals surface area contributed by atoms with Gasteiger partial charge in [0, 0.05) is 12.2 Å². The fourth-order valence-electron chi connectivity index (χ4n) is 3.12. The Morgan fingerprint density at radius 1 is 1.48 bits per heavy atom. The number of fused-ring (bicyclic) bond motifs is 1. The normalized spacial score (nSPS) is 26.0. The first kappa shape index (κ1) is 14.1. The number of ether oxygens (including phenoxy) is 1. The minimum atomic E-state index is 0.124. The molecule has 114 valence electrons. The highest BCUT2D eigenvalue weighted by Gasteiger charge is 2.29. The van der Waals surface area contributed by atoms with Crippen molar-refractivity contribution in [1.29, 1.82) is 0 Å². The molecule has 21 heavy (non-hydrogen) atoms. The van der Waals surface area contributed by atoms with Gasteiger partial charge in [0.05, 0.1) is 24.3 Å². The molecule has 1 aliphatic carbocycles. The number of rotatable bonds is 2. The van der Waals surface area contributed by atoms with Gasteiger partial charge in [0.15, 0.2) is 5.84 Å². The molecule has 1 aromatic heterocycles. The second-order valence-electron chi connectivity index (χ2n) is 5.95. The van der Waals surface area contributed by atoms with Crippen LogP contribution in [0.25, 0.3) is 0 Å². The van der Waals surface area contributed by atoms with Crippen molar-refractivity contribution in [2.45, 2.75) is 45.3 Å². The van der Waals surface area contributed by atoms with Crippen LogP contribution in [0, 0.1) is 0 Å². The number of hydrogen-bond donors (Lipinski definition) is 2. The van der Waals surface area contributed by atoms with E-state index in [4.69, 9.17) is 20.7 Å². The van der Waals surface area contributed by atoms with Crippen LogP contribution in [0.5, 0.6) is 0 Å². The van der Waals surface area contributed by atoms with Crippen molar-refractivity contribution < 1.29 is 9.94 Å². The van der Waals surface area contributed by atoms with Crippen LogP contribution in [-0.4, -0.2) is 41.3 Å². The number of pyridine rings is 1. The van der Waals surface area contributed by atoms with Crippen LogP contribution < -0.4 is 10.6 Å². The van der Waals surface area contributed by atoms with Crippen molar-refractivity contribution in [2.24, 2.45) is 10.9 Å². The summed E-state index contributed by atoms with van der Waals surface area (Å²) in [6.45, 7) is 5.58. The first-order valence-electron chi connectivity index (χ1n) is 7.49. The molecule has 0 spiro atoms. The highest BCUT2D eigenvalue weighted by molar-refractivity contribution is 6.01. The van der Waals surface area contributed by atoms with Crippen molar-refractivity contribution in [3.63, 3.8) is 0 Å². The number of aromatic nitrogens is 1. The third-order valence-corrected chi connectivity index (χ3v) is 4.29. The second-order valence-corrected chi connectivity index (χ2v) is 5.95. The summed E-state index contributed by atoms with van der Waals surface area (Å²) in [4.78, 5) is 7.04. The summed E-state index contributed by atoms with van der Waals surface area (Å²) >= 11 is 0. The Morgan fingerprint density at radius 3 is 3.05 bits per heavy atom. The van der Waals surface area contributed by atoms with Gasteiger partial charge in [-0.05, 0) is 44.7 Å². The Labute approximate surface area is 124 Å². The number of aryl methyl sites for hydroxylation is 2. The van der Waals surface area contributed by atoms with E-state index in [1.54, 1.807) is 0 Å². The molecule has 0 saturated carbocycles. The molecular formula is C15H22N4O2. The summed E-state index contributed by atoms with van der Waals surface area (Å²) in [5, 5.41) is 12.2. The number of nitrogens with zero attached hydrogens (tertiary/aromatic N) is 3. The second kappa shape index (κ2) is 5.52. The Balaban J connectivity index is 2.07. The summed E-state index contributed by atoms with van der Waals surface area (Å²) in [5.74, 6) is 0.937. The van der Waals surface area contributed by atoms with Crippen LogP contribution in [0.15, 0.2) is 11.2 Å². The predicted octanol–water partition coefficient (Wildman–Crippen LogP) is 1.28. The van der Waals surface area contributed by atoms with E-state index in [1.165, 1.54) is 5.56 Å². The van der Waals surface area contributed by atoms with E-state index in [-0.39, 0.29) is 18.0 Å². The van der Waals surface area contributed by atoms with Gasteiger partial charge < -0.3 is 20.6 Å². The molecule has 1 fully saturated rings. The number of oxime groups is 1. The average molecular weight is 290 g/mol. The minimum absolute atomic E-state index is 0.124. The Bertz CT molecular complexity index is 573. The van der Waals surface area contributed by atoms with Gasteiger partial charge >= 0.3 is 0 Å². The molecule has 0 radical (unpaired) electrons. The molecule has 6 heteroatoms. The van der Waals surface area contributed by atoms with Gasteiger partial charge in [0.25, 0.3) is 0 Å². The maximum atomic E-state index is 9.07. The van der Waals surface area contributed by atoms with Crippen LogP contribution in [0.3, 0.4) is 0 Å². The molecule has 2 aliphatic rings. The van der Waals surface area contributed by atoms with Gasteiger partial charge in [-0.2, -0.15) is 0 Å². The Hall–Kier alpha value is -1.82. The summed E-state index contributed by atoms with van der Waals surface area (Å²) in [6, 6.07) is 2.26. The number of hydrogen-bond acceptors (Lipinski definition) is 5. The molecule has 0 bridgehead atoms. The van der Waals surface area contributed by atoms with Crippen LogP contribution in [0.4, 0.5) is 5.82 Å². The maximum Gasteiger partial charge on any atom is 0.173 e. The first-order chi connectivity index (χ1) is 10.1. The molecule has 2 atom stereocenters. The molecule has 3 N–H and O–H groups in total. The number of morpholine rings is 1. The van der Waals surface area contributed by atoms with E-state index in [0.717, 1.165) is 42.9 Å². The molecule has 6 nitrogen and oxygen atoms in total. The van der Waals surface area contributed by atoms with Gasteiger partial charge in [0.1, 0.15) is 5.82 Å². The van der Waals surface area contributed by atoms with Crippen LogP contribution >= 0.6 is 0 Å². The smallest absolute Gasteiger partial charge is 0.173 e. The van der Waals surface area contributed by atoms with Crippen molar-refractivity contribution in [1.82, 2.24) is 4.98 Å². The Morgan fingerprint density at radius 2 is 2.29 bits per heavy atom. The van der Waals surface area contributed by atoms with E-state index < -0.39 is 0 Å². The van der Waals surface area contributed by atoms with Crippen molar-refractivity contribution in [3.05, 3.63) is 22.9 Å². The highest BCUT2D eigenvalue weighted by atomic mass is 16.5. The van der Waals surface area contributed by atoms with E-state index in [2.05, 4.69) is 23.9 Å². The number of nitrogens with two attached hydrogens (primary N) is 1. The highest BCUT2D eigenvalue weighted by Crippen LogP contribution is 2.29. The fourth-order valence-corrected chi connectivity index (χ4v) is 3.12. The lowest BCUT2D eigenvalue weighted by atomic mass is 10.1. The standard InChI is InChI=1S/C15H22N4O2/c1-9-8-21-10(2)7-19(9)15-12(14(16)18-20)6-11-4-3-5-13(11)17-15/h6,9-10,20H,3-5,7-8H2,1-2H3,(H2,16,18). The lowest BCUT2D eigenvalue weighted by Gasteiger charge is -2.38. The molecule has 0 amide bonds. The molecule has 3 rings (SSSR count). The lowest BCUT2D eigenvalue weighted by Crippen LogP contribution is -2.48. The van der Waals surface area contributed by atoms with Crippen molar-refractivity contribution >= 4 is 11.7 Å². The van der Waals surface area contributed by atoms with Gasteiger partial charge in [-0.3, -0.25) is 0 Å². The largest absolute Gasteiger partial charge is 0.409 e. The molecule has 2 unspecified atom stereocenters. The molecular weight excluding hydrogens is 268 g/mol. The zero-order chi connectivity index (χ0) is 15.0. The number of amidine groups is 1. The van der Waals surface area contributed by atoms with Crippen LogP contribution in [0.1, 0.15) is 37.1 Å². The van der Waals surface area contributed by atoms with E-state index >= 15 is 0 Å². The van der Waals surface area contributed by atoms with Crippen molar-refractivity contribution in [3.8, 4) is 0 Å². The summed E-state index contributed by atoms with van der Waals surface area (Å²) in [6.07, 6.45) is 3.30. The quantitative estimate of drug-likeness (QED) is 0.371. The van der Waals surface area contributed by atoms with Crippen LogP contribution in [-0.2, 0) is 17.6 Å². The zero-order valence-corrected chi connectivity index (χ0v) is 12.5. The monoisotopic (exact) mass is 290 g/mol. The molecule has 1 aliphatic heterocycles. The summed E-state index contributed by atoms with van der Waals surface area (Å²) < 4.78 is 5.68. The van der Waals surface area contributed by atoms with Gasteiger partial charge in [-0.25, -0.2) is 4.98 Å². The molecule has 1 saturated heterocycles. The zero-order valence-electron chi connectivity index (χ0n) is 12.5. The molecule has 2 heterocycles. The molecule has 0 aromatic carbocycles. The third kappa shape index (κ3) is 2.55. The van der Waals surface area contributed by atoms with Crippen molar-refractivity contribution in [2.75, 3.05) is 18.1 Å². The minimum Gasteiger partial charge on any atom is -0.409 e. The van der Waals surface area contributed by atoms with E-state index in [0.29, 0.717) is 6.61 Å². The SMILES string of the molecule is CC1CN(c2nc3c(cc2C(N)=NO)CCC3)C(C)CO1. The maximum absolute atomic E-state index is 9.07. The van der Waals surface area contributed by atoms with Gasteiger partial charge in [-0.15, -0.1) is 0 Å². The average Bonchev–Trinajstić information content (AvgIpc) is 2.95. The molecule has 1 aromatic rings. The first-order valence-corrected chi connectivity index (χ1v) is 7.49. The Kier molecular flexibility index (Phi) is 3.71. The van der Waals surface area contributed by atoms with Gasteiger partial charge in [0.2, 0.25) is 0 Å². The third-order valence-electron chi connectivity index (χ3n) is 4.29. The number of anilines is 1. The van der Waals surface area contributed by atoms with Gasteiger partial charge in [-0.1, -0.05) is 5.16 Å².